The molecule has 2 rings (SSSR count). The van der Waals surface area contributed by atoms with E-state index >= 15 is 0 Å². The molecule has 0 atom stereocenters. The Labute approximate surface area is 155 Å². The molecule has 0 aromatic heterocycles. The average molecular weight is 359 g/mol. The van der Waals surface area contributed by atoms with Crippen molar-refractivity contribution in [1.29, 1.82) is 0 Å². The minimum absolute atomic E-state index is 0.00809. The summed E-state index contributed by atoms with van der Waals surface area (Å²) in [4.78, 5) is 29.3. The Morgan fingerprint density at radius 1 is 1.15 bits per heavy atom. The quantitative estimate of drug-likeness (QED) is 0.389. The van der Waals surface area contributed by atoms with Crippen LogP contribution in [0, 0.1) is 5.92 Å². The molecule has 1 fully saturated rings. The third kappa shape index (κ3) is 5.75. The molecule has 0 bridgehead atoms. The van der Waals surface area contributed by atoms with E-state index in [4.69, 9.17) is 0 Å². The summed E-state index contributed by atoms with van der Waals surface area (Å²) in [5, 5.41) is 9.26. The Morgan fingerprint density at radius 2 is 1.85 bits per heavy atom. The zero-order chi connectivity index (χ0) is 18.9. The SMILES string of the molecule is CN=C(NCCNC(=O)C(C)C)NCc1ccc(N2CCCC2=O)cc1. The Hall–Kier alpha value is -2.57. The molecule has 0 aliphatic carbocycles. The van der Waals surface area contributed by atoms with Crippen molar-refractivity contribution in [3.05, 3.63) is 29.8 Å². The standard InChI is InChI=1S/C19H29N5O2/c1-14(2)18(26)21-10-11-22-19(20-3)23-13-15-6-8-16(9-7-15)24-12-4-5-17(24)25/h6-9,14H,4-5,10-13H2,1-3H3,(H,21,26)(H2,20,22,23). The lowest BCUT2D eigenvalue weighted by Crippen LogP contribution is -2.41. The van der Waals surface area contributed by atoms with Gasteiger partial charge in [-0.25, -0.2) is 0 Å². The number of benzene rings is 1. The number of hydrogen-bond donors (Lipinski definition) is 3. The van der Waals surface area contributed by atoms with Crippen molar-refractivity contribution in [1.82, 2.24) is 16.0 Å². The van der Waals surface area contributed by atoms with Crippen LogP contribution in [0.2, 0.25) is 0 Å². The highest BCUT2D eigenvalue weighted by atomic mass is 16.2. The lowest BCUT2D eigenvalue weighted by molar-refractivity contribution is -0.124. The zero-order valence-corrected chi connectivity index (χ0v) is 15.8. The van der Waals surface area contributed by atoms with E-state index in [0.29, 0.717) is 32.0 Å². The molecule has 1 aliphatic heterocycles. The van der Waals surface area contributed by atoms with Crippen molar-refractivity contribution in [3.8, 4) is 0 Å². The average Bonchev–Trinajstić information content (AvgIpc) is 3.07. The molecule has 7 heteroatoms. The monoisotopic (exact) mass is 359 g/mol. The maximum Gasteiger partial charge on any atom is 0.227 e. The van der Waals surface area contributed by atoms with Gasteiger partial charge in [0.05, 0.1) is 0 Å². The van der Waals surface area contributed by atoms with Crippen molar-refractivity contribution in [2.45, 2.75) is 33.2 Å². The number of carbonyl (C=O) groups excluding carboxylic acids is 2. The summed E-state index contributed by atoms with van der Waals surface area (Å²) >= 11 is 0. The number of nitrogens with zero attached hydrogens (tertiary/aromatic N) is 2. The molecule has 0 radical (unpaired) electrons. The van der Waals surface area contributed by atoms with Crippen molar-refractivity contribution in [3.63, 3.8) is 0 Å². The van der Waals surface area contributed by atoms with E-state index in [1.807, 2.05) is 43.0 Å². The summed E-state index contributed by atoms with van der Waals surface area (Å²) in [7, 11) is 1.71. The van der Waals surface area contributed by atoms with Crippen LogP contribution in [0.15, 0.2) is 29.3 Å². The molecule has 142 valence electrons. The molecular weight excluding hydrogens is 330 g/mol. The highest BCUT2D eigenvalue weighted by Gasteiger charge is 2.21. The van der Waals surface area contributed by atoms with Crippen LogP contribution in [0.25, 0.3) is 0 Å². The fourth-order valence-electron chi connectivity index (χ4n) is 2.69. The van der Waals surface area contributed by atoms with Crippen LogP contribution >= 0.6 is 0 Å². The van der Waals surface area contributed by atoms with E-state index in [9.17, 15) is 9.59 Å². The molecule has 1 aromatic carbocycles. The third-order valence-electron chi connectivity index (χ3n) is 4.25. The minimum atomic E-state index is -0.00809. The smallest absolute Gasteiger partial charge is 0.227 e. The lowest BCUT2D eigenvalue weighted by Gasteiger charge is -2.16. The first-order chi connectivity index (χ1) is 12.5. The number of anilines is 1. The van der Waals surface area contributed by atoms with Gasteiger partial charge in [0.15, 0.2) is 5.96 Å². The van der Waals surface area contributed by atoms with Crippen molar-refractivity contribution in [2.24, 2.45) is 10.9 Å². The fraction of sp³-hybridized carbons (Fsp3) is 0.526. The number of nitrogens with one attached hydrogen (secondary N) is 3. The summed E-state index contributed by atoms with van der Waals surface area (Å²) in [5.41, 5.74) is 2.07. The number of carbonyl (C=O) groups is 2. The van der Waals surface area contributed by atoms with Crippen LogP contribution < -0.4 is 20.9 Å². The Kier molecular flexibility index (Phi) is 7.44. The van der Waals surface area contributed by atoms with E-state index in [0.717, 1.165) is 24.2 Å². The van der Waals surface area contributed by atoms with Crippen molar-refractivity contribution in [2.75, 3.05) is 31.6 Å². The first kappa shape index (κ1) is 19.8. The van der Waals surface area contributed by atoms with E-state index in [2.05, 4.69) is 20.9 Å². The van der Waals surface area contributed by atoms with Crippen LogP contribution in [0.5, 0.6) is 0 Å². The summed E-state index contributed by atoms with van der Waals surface area (Å²) < 4.78 is 0. The Balaban J connectivity index is 1.74. The summed E-state index contributed by atoms with van der Waals surface area (Å²) in [6.07, 6.45) is 1.57. The maximum absolute atomic E-state index is 11.8. The predicted octanol–water partition coefficient (Wildman–Crippen LogP) is 1.25. The predicted molar refractivity (Wildman–Crippen MR) is 104 cm³/mol. The second-order valence-corrected chi connectivity index (χ2v) is 6.61. The van der Waals surface area contributed by atoms with Gasteiger partial charge in [0.2, 0.25) is 11.8 Å². The van der Waals surface area contributed by atoms with Crippen LogP contribution in [-0.2, 0) is 16.1 Å². The Bertz CT molecular complexity index is 640. The van der Waals surface area contributed by atoms with Gasteiger partial charge in [0.1, 0.15) is 0 Å². The zero-order valence-electron chi connectivity index (χ0n) is 15.8. The van der Waals surface area contributed by atoms with E-state index in [-0.39, 0.29) is 17.7 Å². The highest BCUT2D eigenvalue weighted by Crippen LogP contribution is 2.21. The second-order valence-electron chi connectivity index (χ2n) is 6.61. The number of hydrogen-bond acceptors (Lipinski definition) is 3. The van der Waals surface area contributed by atoms with Gasteiger partial charge in [0.25, 0.3) is 0 Å². The molecule has 0 saturated carbocycles. The number of guanidine groups is 1. The molecular formula is C19H29N5O2. The molecule has 26 heavy (non-hydrogen) atoms. The first-order valence-electron chi connectivity index (χ1n) is 9.13. The summed E-state index contributed by atoms with van der Waals surface area (Å²) in [6, 6.07) is 8.00. The molecule has 1 saturated heterocycles. The van der Waals surface area contributed by atoms with Crippen LogP contribution in [-0.4, -0.2) is 44.5 Å². The fourth-order valence-corrected chi connectivity index (χ4v) is 2.69. The van der Waals surface area contributed by atoms with Gasteiger partial charge >= 0.3 is 0 Å². The largest absolute Gasteiger partial charge is 0.355 e. The van der Waals surface area contributed by atoms with Gasteiger partial charge in [0, 0.05) is 51.3 Å². The van der Waals surface area contributed by atoms with E-state index < -0.39 is 0 Å². The topological polar surface area (TPSA) is 85.8 Å². The van der Waals surface area contributed by atoms with Gasteiger partial charge in [-0.3, -0.25) is 14.6 Å². The van der Waals surface area contributed by atoms with Crippen molar-refractivity contribution >= 4 is 23.5 Å². The van der Waals surface area contributed by atoms with Crippen LogP contribution in [0.1, 0.15) is 32.3 Å². The molecule has 1 aliphatic rings. The Morgan fingerprint density at radius 3 is 2.42 bits per heavy atom. The second kappa shape index (κ2) is 9.79. The van der Waals surface area contributed by atoms with E-state index in [1.54, 1.807) is 7.05 Å². The number of amides is 2. The minimum Gasteiger partial charge on any atom is -0.355 e. The van der Waals surface area contributed by atoms with Crippen LogP contribution in [0.3, 0.4) is 0 Å². The third-order valence-corrected chi connectivity index (χ3v) is 4.25. The van der Waals surface area contributed by atoms with Gasteiger partial charge in [-0.05, 0) is 24.1 Å². The molecule has 7 nitrogen and oxygen atoms in total. The summed E-state index contributed by atoms with van der Waals surface area (Å²) in [6.45, 7) is 6.33. The van der Waals surface area contributed by atoms with E-state index in [1.165, 1.54) is 0 Å². The highest BCUT2D eigenvalue weighted by molar-refractivity contribution is 5.95. The summed E-state index contributed by atoms with van der Waals surface area (Å²) in [5.74, 6) is 0.921. The lowest BCUT2D eigenvalue weighted by atomic mass is 10.2. The van der Waals surface area contributed by atoms with Crippen molar-refractivity contribution < 1.29 is 9.59 Å². The first-order valence-corrected chi connectivity index (χ1v) is 9.13. The molecule has 3 N–H and O–H groups in total. The van der Waals surface area contributed by atoms with Gasteiger partial charge < -0.3 is 20.9 Å². The number of rotatable bonds is 7. The maximum atomic E-state index is 11.8. The molecule has 2 amide bonds. The molecule has 1 aromatic rings. The van der Waals surface area contributed by atoms with Gasteiger partial charge in [-0.15, -0.1) is 0 Å². The molecule has 0 unspecified atom stereocenters. The molecule has 0 spiro atoms. The van der Waals surface area contributed by atoms with Gasteiger partial charge in [-0.1, -0.05) is 26.0 Å². The van der Waals surface area contributed by atoms with Crippen LogP contribution in [0.4, 0.5) is 5.69 Å². The normalized spacial score (nSPS) is 14.7. The molecule has 1 heterocycles. The van der Waals surface area contributed by atoms with Gasteiger partial charge in [-0.2, -0.15) is 0 Å². The number of aliphatic imine (C=N–C) groups is 1.